The molecule has 0 radical (unpaired) electrons. The quantitative estimate of drug-likeness (QED) is 0.541. The number of halogens is 2. The molecule has 0 aliphatic carbocycles. The molecule has 1 aromatic heterocycles. The van der Waals surface area contributed by atoms with Crippen LogP contribution in [0.4, 0.5) is 10.1 Å². The van der Waals surface area contributed by atoms with Crippen molar-refractivity contribution in [2.75, 3.05) is 12.0 Å². The van der Waals surface area contributed by atoms with E-state index in [0.29, 0.717) is 16.2 Å². The summed E-state index contributed by atoms with van der Waals surface area (Å²) in [6.45, 7) is 0. The Morgan fingerprint density at radius 3 is 2.53 bits per heavy atom. The average Bonchev–Trinajstić information content (AvgIpc) is 3.38. The van der Waals surface area contributed by atoms with E-state index in [2.05, 4.69) is 0 Å². The van der Waals surface area contributed by atoms with Crippen LogP contribution < -0.4 is 9.64 Å². The maximum atomic E-state index is 13.7. The molecule has 1 N–H and O–H groups in total. The highest BCUT2D eigenvalue weighted by Gasteiger charge is 2.45. The summed E-state index contributed by atoms with van der Waals surface area (Å²) < 4.78 is 18.9. The molecule has 0 bridgehead atoms. The van der Waals surface area contributed by atoms with Crippen LogP contribution in [0.2, 0.25) is 5.02 Å². The Morgan fingerprint density at radius 2 is 1.93 bits per heavy atom. The zero-order valence-electron chi connectivity index (χ0n) is 15.6. The third kappa shape index (κ3) is 3.36. The first-order valence-electron chi connectivity index (χ1n) is 8.86. The van der Waals surface area contributed by atoms with Crippen molar-refractivity contribution >= 4 is 40.3 Å². The number of benzene rings is 2. The van der Waals surface area contributed by atoms with Crippen molar-refractivity contribution < 1.29 is 23.8 Å². The molecule has 0 saturated carbocycles. The maximum Gasteiger partial charge on any atom is 0.294 e. The molecule has 0 spiro atoms. The number of hydrogen-bond acceptors (Lipinski definition) is 5. The van der Waals surface area contributed by atoms with E-state index in [-0.39, 0.29) is 16.3 Å². The van der Waals surface area contributed by atoms with Crippen LogP contribution in [0.5, 0.6) is 5.75 Å². The number of anilines is 1. The number of carbonyl (C=O) groups is 2. The minimum atomic E-state index is -0.917. The van der Waals surface area contributed by atoms with E-state index in [1.54, 1.807) is 41.8 Å². The minimum absolute atomic E-state index is 0.0481. The van der Waals surface area contributed by atoms with Gasteiger partial charge in [0.2, 0.25) is 5.78 Å². The van der Waals surface area contributed by atoms with Crippen molar-refractivity contribution in [3.05, 3.63) is 92.6 Å². The second-order valence-corrected chi connectivity index (χ2v) is 7.87. The number of rotatable bonds is 5. The topological polar surface area (TPSA) is 66.8 Å². The first kappa shape index (κ1) is 20.1. The molecular weight excluding hydrogens is 429 g/mol. The first-order chi connectivity index (χ1) is 14.4. The van der Waals surface area contributed by atoms with Gasteiger partial charge in [-0.2, -0.15) is 0 Å². The molecule has 1 aliphatic heterocycles. The van der Waals surface area contributed by atoms with Gasteiger partial charge in [-0.05, 0) is 47.3 Å². The number of aliphatic hydroxyl groups excluding tert-OH is 1. The lowest BCUT2D eigenvalue weighted by atomic mass is 9.95. The molecule has 2 heterocycles. The Labute approximate surface area is 180 Å². The molecule has 0 fully saturated rings. The molecule has 8 heteroatoms. The summed E-state index contributed by atoms with van der Waals surface area (Å²) >= 11 is 7.13. The molecule has 1 aliphatic rings. The molecule has 4 rings (SSSR count). The van der Waals surface area contributed by atoms with Gasteiger partial charge < -0.3 is 9.84 Å². The van der Waals surface area contributed by atoms with Crippen LogP contribution in [-0.2, 0) is 4.79 Å². The number of methoxy groups -OCH3 is 1. The van der Waals surface area contributed by atoms with Gasteiger partial charge in [0.25, 0.3) is 5.91 Å². The van der Waals surface area contributed by atoms with E-state index < -0.39 is 29.3 Å². The number of aliphatic hydroxyl groups is 1. The van der Waals surface area contributed by atoms with Gasteiger partial charge in [0.1, 0.15) is 11.6 Å². The largest absolute Gasteiger partial charge is 0.503 e. The lowest BCUT2D eigenvalue weighted by molar-refractivity contribution is -0.117. The third-order valence-electron chi connectivity index (χ3n) is 4.81. The fourth-order valence-electron chi connectivity index (χ4n) is 3.38. The van der Waals surface area contributed by atoms with Gasteiger partial charge in [0.15, 0.2) is 5.76 Å². The smallest absolute Gasteiger partial charge is 0.294 e. The molecule has 1 amide bonds. The Balaban J connectivity index is 1.88. The van der Waals surface area contributed by atoms with Crippen molar-refractivity contribution in [3.63, 3.8) is 0 Å². The summed E-state index contributed by atoms with van der Waals surface area (Å²) in [6, 6.07) is 13.0. The zero-order chi connectivity index (χ0) is 21.4. The second kappa shape index (κ2) is 7.93. The number of ether oxygens (including phenoxy) is 1. The molecule has 5 nitrogen and oxygen atoms in total. The molecule has 152 valence electrons. The van der Waals surface area contributed by atoms with Crippen LogP contribution in [0.15, 0.2) is 71.3 Å². The monoisotopic (exact) mass is 443 g/mol. The van der Waals surface area contributed by atoms with Gasteiger partial charge in [-0.1, -0.05) is 29.8 Å². The van der Waals surface area contributed by atoms with Gasteiger partial charge in [-0.15, -0.1) is 11.3 Å². The molecule has 1 atom stereocenters. The molecule has 0 saturated heterocycles. The predicted octanol–water partition coefficient (Wildman–Crippen LogP) is 5.33. The van der Waals surface area contributed by atoms with Crippen molar-refractivity contribution in [2.24, 2.45) is 0 Å². The van der Waals surface area contributed by atoms with Crippen LogP contribution in [0.25, 0.3) is 0 Å². The van der Waals surface area contributed by atoms with Crippen molar-refractivity contribution in [3.8, 4) is 5.75 Å². The van der Waals surface area contributed by atoms with E-state index in [0.717, 1.165) is 6.07 Å². The van der Waals surface area contributed by atoms with Crippen molar-refractivity contribution in [1.29, 1.82) is 0 Å². The van der Waals surface area contributed by atoms with Gasteiger partial charge >= 0.3 is 0 Å². The molecule has 3 aromatic rings. The molecule has 2 aromatic carbocycles. The van der Waals surface area contributed by atoms with Gasteiger partial charge in [0.05, 0.1) is 28.6 Å². The number of Topliss-reactive ketones (excluding diaryl/α,β-unsaturated/α-hetero) is 1. The lowest BCUT2D eigenvalue weighted by Crippen LogP contribution is -2.31. The summed E-state index contributed by atoms with van der Waals surface area (Å²) in [5, 5.41) is 12.2. The van der Waals surface area contributed by atoms with E-state index in [9.17, 15) is 19.1 Å². The average molecular weight is 444 g/mol. The molecule has 30 heavy (non-hydrogen) atoms. The lowest BCUT2D eigenvalue weighted by Gasteiger charge is -2.27. The predicted molar refractivity (Wildman–Crippen MR) is 113 cm³/mol. The fraction of sp³-hybridized carbons (Fsp3) is 0.0909. The fourth-order valence-corrected chi connectivity index (χ4v) is 4.23. The second-order valence-electron chi connectivity index (χ2n) is 6.52. The van der Waals surface area contributed by atoms with Gasteiger partial charge in [0, 0.05) is 5.69 Å². The van der Waals surface area contributed by atoms with Gasteiger partial charge in [-0.25, -0.2) is 4.39 Å². The van der Waals surface area contributed by atoms with Crippen LogP contribution in [0.3, 0.4) is 0 Å². The summed E-state index contributed by atoms with van der Waals surface area (Å²) in [4.78, 5) is 27.8. The number of thiophene rings is 1. The van der Waals surface area contributed by atoms with Crippen LogP contribution in [0.1, 0.15) is 21.3 Å². The Kier molecular flexibility index (Phi) is 5.32. The Morgan fingerprint density at radius 1 is 1.20 bits per heavy atom. The van der Waals surface area contributed by atoms with E-state index in [1.807, 2.05) is 0 Å². The zero-order valence-corrected chi connectivity index (χ0v) is 17.2. The summed E-state index contributed by atoms with van der Waals surface area (Å²) in [7, 11) is 1.53. The highest BCUT2D eigenvalue weighted by molar-refractivity contribution is 7.12. The highest BCUT2D eigenvalue weighted by Crippen LogP contribution is 2.43. The highest BCUT2D eigenvalue weighted by atomic mass is 35.5. The number of carbonyl (C=O) groups excluding carboxylic acids is 2. The minimum Gasteiger partial charge on any atom is -0.503 e. The standard InChI is InChI=1S/C22H15ClFNO4S/c1-29-14-7-4-12(5-8-14)19-18(20(26)17-3-2-10-30-17)21(27)22(28)25(19)13-6-9-16(24)15(23)11-13/h2-11,19,27H,1H3. The summed E-state index contributed by atoms with van der Waals surface area (Å²) in [5.74, 6) is -1.90. The van der Waals surface area contributed by atoms with E-state index in [1.165, 1.54) is 35.5 Å². The third-order valence-corrected chi connectivity index (χ3v) is 5.97. The van der Waals surface area contributed by atoms with E-state index >= 15 is 0 Å². The van der Waals surface area contributed by atoms with Gasteiger partial charge in [-0.3, -0.25) is 14.5 Å². The molecular formula is C22H15ClFNO4S. The van der Waals surface area contributed by atoms with Crippen LogP contribution in [-0.4, -0.2) is 23.9 Å². The van der Waals surface area contributed by atoms with Crippen molar-refractivity contribution in [2.45, 2.75) is 6.04 Å². The Bertz CT molecular complexity index is 1160. The summed E-state index contributed by atoms with van der Waals surface area (Å²) in [5.41, 5.74) is 0.786. The van der Waals surface area contributed by atoms with E-state index in [4.69, 9.17) is 16.3 Å². The number of ketones is 1. The summed E-state index contributed by atoms with van der Waals surface area (Å²) in [6.07, 6.45) is 0. The Hall–Kier alpha value is -3.16. The van der Waals surface area contributed by atoms with Crippen LogP contribution in [0, 0.1) is 5.82 Å². The number of hydrogen-bond donors (Lipinski definition) is 1. The normalized spacial score (nSPS) is 16.3. The van der Waals surface area contributed by atoms with Crippen molar-refractivity contribution in [1.82, 2.24) is 0 Å². The number of amides is 1. The molecule has 1 unspecified atom stereocenters. The number of nitrogens with zero attached hydrogens (tertiary/aromatic N) is 1. The maximum absolute atomic E-state index is 13.7. The van der Waals surface area contributed by atoms with Crippen LogP contribution >= 0.6 is 22.9 Å². The SMILES string of the molecule is COc1ccc(C2C(C(=O)c3cccs3)=C(O)C(=O)N2c2ccc(F)c(Cl)c2)cc1. The first-order valence-corrected chi connectivity index (χ1v) is 10.1.